The molecule has 5 heteroatoms. The van der Waals surface area contributed by atoms with Crippen LogP contribution >= 0.6 is 0 Å². The predicted molar refractivity (Wildman–Crippen MR) is 67.3 cm³/mol. The first-order valence-electron chi connectivity index (χ1n) is 6.18. The Balaban J connectivity index is 2.19. The zero-order valence-corrected chi connectivity index (χ0v) is 10.6. The second kappa shape index (κ2) is 5.65. The summed E-state index contributed by atoms with van der Waals surface area (Å²) in [5.41, 5.74) is 6.21. The highest BCUT2D eigenvalue weighted by Crippen LogP contribution is 2.39. The van der Waals surface area contributed by atoms with E-state index in [1.165, 1.54) is 0 Å². The number of aliphatic hydroxyl groups is 1. The van der Waals surface area contributed by atoms with Gasteiger partial charge in [0.1, 0.15) is 0 Å². The van der Waals surface area contributed by atoms with Crippen LogP contribution in [0.3, 0.4) is 0 Å². The lowest BCUT2D eigenvalue weighted by Crippen LogP contribution is -2.43. The normalized spacial score (nSPS) is 25.7. The van der Waals surface area contributed by atoms with E-state index in [1.54, 1.807) is 19.4 Å². The lowest BCUT2D eigenvalue weighted by atomic mass is 9.75. The molecule has 0 spiro atoms. The van der Waals surface area contributed by atoms with Crippen LogP contribution in [0.4, 0.5) is 0 Å². The van der Waals surface area contributed by atoms with Crippen molar-refractivity contribution in [3.63, 3.8) is 0 Å². The van der Waals surface area contributed by atoms with Gasteiger partial charge in [0.15, 0.2) is 0 Å². The molecule has 2 atom stereocenters. The third kappa shape index (κ3) is 2.48. The number of nitrogens with zero attached hydrogens (tertiary/aromatic N) is 1. The van der Waals surface area contributed by atoms with Crippen LogP contribution in [0.1, 0.15) is 24.5 Å². The fraction of sp³-hybridized carbons (Fsp3) is 0.615. The number of aromatic nitrogens is 1. The summed E-state index contributed by atoms with van der Waals surface area (Å²) in [6.45, 7) is 1.65. The first-order chi connectivity index (χ1) is 8.72. The molecule has 18 heavy (non-hydrogen) atoms. The van der Waals surface area contributed by atoms with Gasteiger partial charge in [-0.15, -0.1) is 0 Å². The Bertz CT molecular complexity index is 374. The number of pyridine rings is 1. The minimum atomic E-state index is -0.652. The molecule has 2 unspecified atom stereocenters. The Kier molecular flexibility index (Phi) is 4.16. The predicted octanol–water partition coefficient (Wildman–Crippen LogP) is 0.879. The molecule has 1 aromatic rings. The van der Waals surface area contributed by atoms with Crippen LogP contribution in [0.25, 0.3) is 0 Å². The van der Waals surface area contributed by atoms with Gasteiger partial charge in [-0.25, -0.2) is 4.98 Å². The van der Waals surface area contributed by atoms with Crippen molar-refractivity contribution in [2.45, 2.75) is 18.9 Å². The summed E-state index contributed by atoms with van der Waals surface area (Å²) in [6, 6.07) is 3.56. The van der Waals surface area contributed by atoms with Gasteiger partial charge in [-0.1, -0.05) is 0 Å². The molecule has 100 valence electrons. The molecule has 1 aromatic heterocycles. The number of nitrogens with two attached hydrogens (primary N) is 1. The molecule has 1 aliphatic rings. The summed E-state index contributed by atoms with van der Waals surface area (Å²) in [5.74, 6) is 0.535. The Labute approximate surface area is 107 Å². The Morgan fingerprint density at radius 2 is 2.44 bits per heavy atom. The van der Waals surface area contributed by atoms with Crippen LogP contribution in [0.5, 0.6) is 5.88 Å². The van der Waals surface area contributed by atoms with Crippen LogP contribution in [0.15, 0.2) is 18.3 Å². The van der Waals surface area contributed by atoms with Gasteiger partial charge in [-0.05, 0) is 24.5 Å². The minimum Gasteiger partial charge on any atom is -0.481 e. The number of hydrogen-bond acceptors (Lipinski definition) is 5. The average molecular weight is 252 g/mol. The maximum atomic E-state index is 10.5. The molecule has 3 N–H and O–H groups in total. The summed E-state index contributed by atoms with van der Waals surface area (Å²) >= 11 is 0. The smallest absolute Gasteiger partial charge is 0.212 e. The zero-order chi connectivity index (χ0) is 13.0. The molecule has 0 bridgehead atoms. The van der Waals surface area contributed by atoms with Gasteiger partial charge in [0.25, 0.3) is 0 Å². The summed E-state index contributed by atoms with van der Waals surface area (Å²) in [4.78, 5) is 4.11. The Hall–Kier alpha value is -1.17. The van der Waals surface area contributed by atoms with Crippen molar-refractivity contribution < 1.29 is 14.6 Å². The second-order valence-corrected chi connectivity index (χ2v) is 4.76. The lowest BCUT2D eigenvalue weighted by molar-refractivity contribution is -0.0783. The van der Waals surface area contributed by atoms with Crippen molar-refractivity contribution in [3.05, 3.63) is 23.9 Å². The van der Waals surface area contributed by atoms with Gasteiger partial charge in [0.05, 0.1) is 19.8 Å². The van der Waals surface area contributed by atoms with E-state index in [9.17, 15) is 5.11 Å². The van der Waals surface area contributed by atoms with Crippen molar-refractivity contribution in [1.82, 2.24) is 4.98 Å². The topological polar surface area (TPSA) is 77.6 Å². The largest absolute Gasteiger partial charge is 0.481 e. The first kappa shape index (κ1) is 13.3. The van der Waals surface area contributed by atoms with Crippen molar-refractivity contribution >= 4 is 0 Å². The fourth-order valence-corrected chi connectivity index (χ4v) is 2.39. The van der Waals surface area contributed by atoms with Crippen LogP contribution in [0.2, 0.25) is 0 Å². The highest BCUT2D eigenvalue weighted by molar-refractivity contribution is 5.21. The summed E-state index contributed by atoms with van der Waals surface area (Å²) in [6.07, 6.45) is 2.78. The monoisotopic (exact) mass is 252 g/mol. The molecule has 5 nitrogen and oxygen atoms in total. The van der Waals surface area contributed by atoms with Gasteiger partial charge < -0.3 is 20.3 Å². The standard InChI is InChI=1S/C13H20N2O3/c1-17-11-4-3-10(7-15-11)12(16)13(8-14)5-2-6-18-9-13/h3-4,7,12,16H,2,5-6,8-9,14H2,1H3. The van der Waals surface area contributed by atoms with Crippen molar-refractivity contribution in [3.8, 4) is 5.88 Å². The van der Waals surface area contributed by atoms with Gasteiger partial charge in [-0.3, -0.25) is 0 Å². The van der Waals surface area contributed by atoms with Crippen molar-refractivity contribution in [2.75, 3.05) is 26.9 Å². The van der Waals surface area contributed by atoms with E-state index >= 15 is 0 Å². The van der Waals surface area contributed by atoms with Gasteiger partial charge in [0.2, 0.25) is 5.88 Å². The maximum Gasteiger partial charge on any atom is 0.212 e. The van der Waals surface area contributed by atoms with E-state index in [4.69, 9.17) is 15.2 Å². The third-order valence-electron chi connectivity index (χ3n) is 3.62. The average Bonchev–Trinajstić information content (AvgIpc) is 2.47. The van der Waals surface area contributed by atoms with Gasteiger partial charge in [-0.2, -0.15) is 0 Å². The van der Waals surface area contributed by atoms with Gasteiger partial charge in [0, 0.05) is 30.8 Å². The number of ether oxygens (including phenoxy) is 2. The van der Waals surface area contributed by atoms with Crippen LogP contribution in [-0.2, 0) is 4.74 Å². The molecule has 0 radical (unpaired) electrons. The molecule has 0 aliphatic carbocycles. The molecule has 2 heterocycles. The molecule has 0 amide bonds. The highest BCUT2D eigenvalue weighted by Gasteiger charge is 2.39. The molecule has 0 saturated carbocycles. The van der Waals surface area contributed by atoms with E-state index < -0.39 is 11.5 Å². The minimum absolute atomic E-state index is 0.394. The van der Waals surface area contributed by atoms with E-state index in [0.29, 0.717) is 19.0 Å². The molecular weight excluding hydrogens is 232 g/mol. The molecule has 1 fully saturated rings. The maximum absolute atomic E-state index is 10.5. The number of methoxy groups -OCH3 is 1. The van der Waals surface area contributed by atoms with E-state index in [0.717, 1.165) is 25.0 Å². The number of rotatable bonds is 4. The zero-order valence-electron chi connectivity index (χ0n) is 10.6. The van der Waals surface area contributed by atoms with E-state index in [1.807, 2.05) is 6.07 Å². The summed E-state index contributed by atoms with van der Waals surface area (Å²) in [5, 5.41) is 10.5. The first-order valence-corrected chi connectivity index (χ1v) is 6.18. The van der Waals surface area contributed by atoms with Crippen LogP contribution < -0.4 is 10.5 Å². The fourth-order valence-electron chi connectivity index (χ4n) is 2.39. The summed E-state index contributed by atoms with van der Waals surface area (Å²) in [7, 11) is 1.56. The molecular formula is C13H20N2O3. The third-order valence-corrected chi connectivity index (χ3v) is 3.62. The van der Waals surface area contributed by atoms with E-state index in [2.05, 4.69) is 4.98 Å². The van der Waals surface area contributed by atoms with E-state index in [-0.39, 0.29) is 0 Å². The molecule has 2 rings (SSSR count). The molecule has 1 saturated heterocycles. The highest BCUT2D eigenvalue weighted by atomic mass is 16.5. The second-order valence-electron chi connectivity index (χ2n) is 4.76. The molecule has 0 aromatic carbocycles. The number of aliphatic hydroxyl groups excluding tert-OH is 1. The Morgan fingerprint density at radius 3 is 2.94 bits per heavy atom. The van der Waals surface area contributed by atoms with Crippen molar-refractivity contribution in [1.29, 1.82) is 0 Å². The van der Waals surface area contributed by atoms with Crippen LogP contribution in [0, 0.1) is 5.41 Å². The quantitative estimate of drug-likeness (QED) is 0.831. The Morgan fingerprint density at radius 1 is 1.61 bits per heavy atom. The van der Waals surface area contributed by atoms with Crippen molar-refractivity contribution in [2.24, 2.45) is 11.1 Å². The molecule has 1 aliphatic heterocycles. The SMILES string of the molecule is COc1ccc(C(O)C2(CN)CCCOC2)cn1. The summed E-state index contributed by atoms with van der Waals surface area (Å²) < 4.78 is 10.5. The number of hydrogen-bond donors (Lipinski definition) is 2. The lowest BCUT2D eigenvalue weighted by Gasteiger charge is -2.39. The van der Waals surface area contributed by atoms with Gasteiger partial charge >= 0.3 is 0 Å². The van der Waals surface area contributed by atoms with Crippen LogP contribution in [-0.4, -0.2) is 37.0 Å².